The van der Waals surface area contributed by atoms with E-state index in [9.17, 15) is 0 Å². The van der Waals surface area contributed by atoms with Crippen LogP contribution in [-0.4, -0.2) is 21.5 Å². The van der Waals surface area contributed by atoms with Gasteiger partial charge in [-0.15, -0.1) is 0 Å². The molecule has 1 aliphatic heterocycles. The minimum Gasteiger partial charge on any atom is -0.346 e. The summed E-state index contributed by atoms with van der Waals surface area (Å²) in [5, 5.41) is 9.51. The molecule has 0 spiro atoms. The molecule has 4 rings (SSSR count). The summed E-state index contributed by atoms with van der Waals surface area (Å²) in [6.07, 6.45) is 2.07. The Morgan fingerprint density at radius 3 is 2.91 bits per heavy atom. The largest absolute Gasteiger partial charge is 0.346 e. The average Bonchev–Trinajstić information content (AvgIpc) is 3.21. The molecule has 1 unspecified atom stereocenters. The summed E-state index contributed by atoms with van der Waals surface area (Å²) in [5.41, 5.74) is 2.27. The number of imidazole rings is 1. The van der Waals surface area contributed by atoms with Crippen LogP contribution in [-0.2, 0) is 0 Å². The van der Waals surface area contributed by atoms with Gasteiger partial charge >= 0.3 is 0 Å². The second-order valence-electron chi connectivity index (χ2n) is 5.60. The van der Waals surface area contributed by atoms with E-state index in [0.29, 0.717) is 5.02 Å². The van der Waals surface area contributed by atoms with Crippen molar-refractivity contribution in [2.24, 2.45) is 0 Å². The minimum absolute atomic E-state index is 0.141. The van der Waals surface area contributed by atoms with Crippen LogP contribution in [0.5, 0.6) is 0 Å². The molecular formula is C17H14ClN5. The smallest absolute Gasteiger partial charge is 0.161 e. The van der Waals surface area contributed by atoms with Crippen LogP contribution in [0.2, 0.25) is 5.02 Å². The van der Waals surface area contributed by atoms with Gasteiger partial charge in [0.1, 0.15) is 17.7 Å². The van der Waals surface area contributed by atoms with Gasteiger partial charge in [-0.25, -0.2) is 9.97 Å². The lowest BCUT2D eigenvalue weighted by Crippen LogP contribution is -2.24. The standard InChI is InChI=1S/C17H14ClN5/c18-11-7-8-16(20-14(11)10-19)23-9-3-6-15(23)17-21-12-4-1-2-5-13(12)22-17/h1-2,4-5,7-8,15H,3,6,9H2,(H,21,22). The first-order chi connectivity index (χ1) is 11.3. The molecule has 3 aromatic rings. The summed E-state index contributed by atoms with van der Waals surface area (Å²) in [6, 6.07) is 13.8. The van der Waals surface area contributed by atoms with E-state index in [0.717, 1.165) is 42.1 Å². The van der Waals surface area contributed by atoms with Crippen LogP contribution >= 0.6 is 11.6 Å². The van der Waals surface area contributed by atoms with Crippen molar-refractivity contribution in [1.82, 2.24) is 15.0 Å². The maximum atomic E-state index is 9.13. The number of hydrogen-bond acceptors (Lipinski definition) is 4. The number of fused-ring (bicyclic) bond motifs is 1. The first-order valence-corrected chi connectivity index (χ1v) is 7.92. The Bertz CT molecular complexity index is 878. The summed E-state index contributed by atoms with van der Waals surface area (Å²) in [6.45, 7) is 0.890. The molecule has 3 heterocycles. The summed E-state index contributed by atoms with van der Waals surface area (Å²) >= 11 is 5.99. The van der Waals surface area contributed by atoms with E-state index in [-0.39, 0.29) is 11.7 Å². The highest BCUT2D eigenvalue weighted by molar-refractivity contribution is 6.31. The fourth-order valence-electron chi connectivity index (χ4n) is 3.13. The predicted molar refractivity (Wildman–Crippen MR) is 89.4 cm³/mol. The Morgan fingerprint density at radius 1 is 1.22 bits per heavy atom. The van der Waals surface area contributed by atoms with Gasteiger partial charge in [-0.05, 0) is 37.1 Å². The minimum atomic E-state index is 0.141. The van der Waals surface area contributed by atoms with Gasteiger partial charge in [-0.3, -0.25) is 0 Å². The zero-order valence-corrected chi connectivity index (χ0v) is 13.1. The Labute approximate surface area is 138 Å². The fraction of sp³-hybridized carbons (Fsp3) is 0.235. The molecule has 1 aliphatic rings. The monoisotopic (exact) mass is 323 g/mol. The third-order valence-corrected chi connectivity index (χ3v) is 4.51. The normalized spacial score (nSPS) is 17.6. The van der Waals surface area contributed by atoms with Crippen LogP contribution in [0, 0.1) is 11.3 Å². The molecule has 6 heteroatoms. The molecule has 0 amide bonds. The van der Waals surface area contributed by atoms with E-state index < -0.39 is 0 Å². The van der Waals surface area contributed by atoms with Crippen molar-refractivity contribution in [2.75, 3.05) is 11.4 Å². The molecule has 114 valence electrons. The lowest BCUT2D eigenvalue weighted by molar-refractivity contribution is 0.672. The number of aromatic amines is 1. The number of nitriles is 1. The Balaban J connectivity index is 1.73. The zero-order valence-electron chi connectivity index (χ0n) is 12.3. The van der Waals surface area contributed by atoms with Crippen molar-refractivity contribution in [2.45, 2.75) is 18.9 Å². The van der Waals surface area contributed by atoms with E-state index in [1.54, 1.807) is 6.07 Å². The Kier molecular flexibility index (Phi) is 3.40. The molecule has 1 aromatic carbocycles. The second kappa shape index (κ2) is 5.56. The van der Waals surface area contributed by atoms with E-state index in [1.165, 1.54) is 0 Å². The number of para-hydroxylation sites is 2. The number of pyridine rings is 1. The molecule has 0 aliphatic carbocycles. The van der Waals surface area contributed by atoms with Gasteiger partial charge in [0, 0.05) is 6.54 Å². The van der Waals surface area contributed by atoms with Crippen molar-refractivity contribution >= 4 is 28.5 Å². The summed E-state index contributed by atoms with van der Waals surface area (Å²) in [7, 11) is 0. The van der Waals surface area contributed by atoms with Crippen LogP contribution in [0.15, 0.2) is 36.4 Å². The number of hydrogen-bond donors (Lipinski definition) is 1. The Morgan fingerprint density at radius 2 is 2.09 bits per heavy atom. The van der Waals surface area contributed by atoms with Crippen molar-refractivity contribution in [3.63, 3.8) is 0 Å². The number of H-pyrrole nitrogens is 1. The lowest BCUT2D eigenvalue weighted by atomic mass is 10.2. The topological polar surface area (TPSA) is 68.6 Å². The molecule has 1 N–H and O–H groups in total. The van der Waals surface area contributed by atoms with E-state index in [4.69, 9.17) is 21.8 Å². The fourth-order valence-corrected chi connectivity index (χ4v) is 3.27. The first kappa shape index (κ1) is 14.0. The highest BCUT2D eigenvalue weighted by Gasteiger charge is 2.29. The second-order valence-corrected chi connectivity index (χ2v) is 6.01. The lowest BCUT2D eigenvalue weighted by Gasteiger charge is -2.24. The molecule has 23 heavy (non-hydrogen) atoms. The molecule has 1 atom stereocenters. The van der Waals surface area contributed by atoms with Gasteiger partial charge < -0.3 is 9.88 Å². The predicted octanol–water partition coefficient (Wildman–Crippen LogP) is 3.82. The van der Waals surface area contributed by atoms with Crippen LogP contribution < -0.4 is 4.90 Å². The first-order valence-electron chi connectivity index (χ1n) is 7.54. The third-order valence-electron chi connectivity index (χ3n) is 4.21. The summed E-state index contributed by atoms with van der Waals surface area (Å²) < 4.78 is 0. The third kappa shape index (κ3) is 2.41. The summed E-state index contributed by atoms with van der Waals surface area (Å²) in [4.78, 5) is 14.7. The molecule has 0 saturated carbocycles. The van der Waals surface area contributed by atoms with Crippen LogP contribution in [0.3, 0.4) is 0 Å². The highest BCUT2D eigenvalue weighted by atomic mass is 35.5. The molecule has 0 bridgehead atoms. The van der Waals surface area contributed by atoms with Crippen LogP contribution in [0.4, 0.5) is 5.82 Å². The number of anilines is 1. The molecule has 5 nitrogen and oxygen atoms in total. The quantitative estimate of drug-likeness (QED) is 0.778. The number of halogens is 1. The number of aromatic nitrogens is 3. The van der Waals surface area contributed by atoms with E-state index >= 15 is 0 Å². The van der Waals surface area contributed by atoms with Gasteiger partial charge in [0.2, 0.25) is 0 Å². The number of benzene rings is 1. The molecule has 1 fully saturated rings. The van der Waals surface area contributed by atoms with E-state index in [1.807, 2.05) is 36.4 Å². The highest BCUT2D eigenvalue weighted by Crippen LogP contribution is 2.35. The van der Waals surface area contributed by atoms with Gasteiger partial charge in [0.25, 0.3) is 0 Å². The van der Waals surface area contributed by atoms with Gasteiger partial charge in [0.15, 0.2) is 5.69 Å². The van der Waals surface area contributed by atoms with Crippen LogP contribution in [0.25, 0.3) is 11.0 Å². The molecular weight excluding hydrogens is 310 g/mol. The van der Waals surface area contributed by atoms with Crippen molar-refractivity contribution in [3.8, 4) is 6.07 Å². The van der Waals surface area contributed by atoms with Crippen molar-refractivity contribution in [3.05, 3.63) is 52.9 Å². The molecule has 0 radical (unpaired) electrons. The molecule has 1 saturated heterocycles. The number of nitrogens with zero attached hydrogens (tertiary/aromatic N) is 4. The maximum absolute atomic E-state index is 9.13. The van der Waals surface area contributed by atoms with Gasteiger partial charge in [0.05, 0.1) is 22.1 Å². The van der Waals surface area contributed by atoms with Gasteiger partial charge in [-0.1, -0.05) is 23.7 Å². The van der Waals surface area contributed by atoms with Crippen molar-refractivity contribution < 1.29 is 0 Å². The van der Waals surface area contributed by atoms with E-state index in [2.05, 4.69) is 14.9 Å². The number of rotatable bonds is 2. The zero-order chi connectivity index (χ0) is 15.8. The van der Waals surface area contributed by atoms with Crippen molar-refractivity contribution in [1.29, 1.82) is 5.26 Å². The maximum Gasteiger partial charge on any atom is 0.161 e. The van der Waals surface area contributed by atoms with Crippen LogP contribution in [0.1, 0.15) is 30.4 Å². The summed E-state index contributed by atoms with van der Waals surface area (Å²) in [5.74, 6) is 1.72. The SMILES string of the molecule is N#Cc1nc(N2CCCC2c2nc3ccccc3[nH]2)ccc1Cl. The average molecular weight is 324 g/mol. The Hall–Kier alpha value is -2.58. The molecule has 2 aromatic heterocycles. The number of nitrogens with one attached hydrogen (secondary N) is 1. The van der Waals surface area contributed by atoms with Gasteiger partial charge in [-0.2, -0.15) is 5.26 Å².